The van der Waals surface area contributed by atoms with E-state index in [1.54, 1.807) is 6.07 Å². The van der Waals surface area contributed by atoms with Crippen molar-refractivity contribution in [2.75, 3.05) is 30.4 Å². The van der Waals surface area contributed by atoms with Gasteiger partial charge in [-0.15, -0.1) is 0 Å². The first-order valence-electron chi connectivity index (χ1n) is 11.6. The molecule has 0 aliphatic carbocycles. The lowest BCUT2D eigenvalue weighted by Crippen LogP contribution is -2.44. The number of methoxy groups -OCH3 is 1. The molecule has 0 saturated carbocycles. The fourth-order valence-electron chi connectivity index (χ4n) is 4.62. The maximum Gasteiger partial charge on any atom is 0.258 e. The molecule has 5 rings (SSSR count). The van der Waals surface area contributed by atoms with E-state index in [0.717, 1.165) is 19.5 Å². The van der Waals surface area contributed by atoms with E-state index in [0.29, 0.717) is 11.7 Å². The third-order valence-corrected chi connectivity index (χ3v) is 6.51. The van der Waals surface area contributed by atoms with E-state index in [1.165, 1.54) is 43.6 Å². The van der Waals surface area contributed by atoms with Crippen LogP contribution in [0.25, 0.3) is 11.3 Å². The first-order valence-corrected chi connectivity index (χ1v) is 12.0. The zero-order chi connectivity index (χ0) is 26.0. The third kappa shape index (κ3) is 4.73. The highest BCUT2D eigenvalue weighted by Gasteiger charge is 2.38. The molecule has 3 heterocycles. The number of benzene rings is 2. The van der Waals surface area contributed by atoms with E-state index in [2.05, 4.69) is 20.5 Å². The van der Waals surface area contributed by atoms with Gasteiger partial charge in [-0.3, -0.25) is 9.78 Å². The lowest BCUT2D eigenvalue weighted by atomic mass is 10.1. The number of carbonyl (C=O) groups excluding carboxylic acids is 1. The van der Waals surface area contributed by atoms with Crippen LogP contribution in [0.2, 0.25) is 5.02 Å². The molecule has 2 aromatic carbocycles. The summed E-state index contributed by atoms with van der Waals surface area (Å²) in [5, 5.41) is 5.76. The standard InChI is InChI=1S/C24H20ClF3N4O2.C2H6/c1-34-19-5-3-16(25)22(28)20(19)23-21(27)15(6-7-29-23)24(33)31-17-8-12(26)2-4-18(17)32-11-13-9-14(32)10-30-13;1-2/h2-8,13-14,30H,9-11H2,1H3,(H,31,33);1-2H3. The van der Waals surface area contributed by atoms with E-state index < -0.39 is 29.1 Å². The molecular formula is C26H26ClF3N4O2. The van der Waals surface area contributed by atoms with E-state index >= 15 is 4.39 Å². The molecule has 1 aromatic heterocycles. The molecule has 2 unspecified atom stereocenters. The predicted molar refractivity (Wildman–Crippen MR) is 134 cm³/mol. The minimum absolute atomic E-state index is 0.0102. The number of anilines is 2. The summed E-state index contributed by atoms with van der Waals surface area (Å²) in [5.74, 6) is -3.33. The fraction of sp³-hybridized carbons (Fsp3) is 0.308. The molecule has 0 radical (unpaired) electrons. The highest BCUT2D eigenvalue weighted by molar-refractivity contribution is 6.31. The van der Waals surface area contributed by atoms with Crippen LogP contribution in [0.3, 0.4) is 0 Å². The minimum Gasteiger partial charge on any atom is -0.496 e. The topological polar surface area (TPSA) is 66.5 Å². The zero-order valence-electron chi connectivity index (χ0n) is 20.0. The smallest absolute Gasteiger partial charge is 0.258 e. The summed E-state index contributed by atoms with van der Waals surface area (Å²) in [5.41, 5.74) is -0.227. The summed E-state index contributed by atoms with van der Waals surface area (Å²) in [6.07, 6.45) is 2.14. The summed E-state index contributed by atoms with van der Waals surface area (Å²) in [4.78, 5) is 19.1. The largest absolute Gasteiger partial charge is 0.496 e. The Balaban J connectivity index is 0.00000148. The van der Waals surface area contributed by atoms with Crippen LogP contribution in [0, 0.1) is 17.5 Å². The first-order chi connectivity index (χ1) is 17.4. The number of carbonyl (C=O) groups is 1. The SMILES string of the molecule is CC.COc1ccc(Cl)c(F)c1-c1nccc(C(=O)Nc2cc(F)ccc2N2CC3CC2CN3)c1F. The molecule has 0 spiro atoms. The number of hydrogen-bond donors (Lipinski definition) is 2. The summed E-state index contributed by atoms with van der Waals surface area (Å²) in [7, 11) is 1.30. The Labute approximate surface area is 212 Å². The second-order valence-corrected chi connectivity index (χ2v) is 8.63. The van der Waals surface area contributed by atoms with Crippen molar-refractivity contribution in [3.05, 3.63) is 70.6 Å². The molecule has 36 heavy (non-hydrogen) atoms. The third-order valence-electron chi connectivity index (χ3n) is 6.22. The van der Waals surface area contributed by atoms with Crippen molar-refractivity contribution in [1.29, 1.82) is 0 Å². The second-order valence-electron chi connectivity index (χ2n) is 8.22. The lowest BCUT2D eigenvalue weighted by Gasteiger charge is -2.31. The number of amides is 1. The number of nitrogens with zero attached hydrogens (tertiary/aromatic N) is 2. The van der Waals surface area contributed by atoms with E-state index in [1.807, 2.05) is 13.8 Å². The molecule has 2 N–H and O–H groups in total. The van der Waals surface area contributed by atoms with Gasteiger partial charge < -0.3 is 20.3 Å². The Kier molecular flexibility index (Phi) is 7.70. The average molecular weight is 519 g/mol. The number of rotatable bonds is 5. The number of piperazine rings is 1. The van der Waals surface area contributed by atoms with Gasteiger partial charge in [0.25, 0.3) is 5.91 Å². The molecule has 2 aliphatic heterocycles. The van der Waals surface area contributed by atoms with Crippen LogP contribution in [0.15, 0.2) is 42.6 Å². The maximum absolute atomic E-state index is 15.5. The van der Waals surface area contributed by atoms with Crippen LogP contribution in [0.1, 0.15) is 30.6 Å². The van der Waals surface area contributed by atoms with Crippen molar-refractivity contribution in [2.24, 2.45) is 0 Å². The van der Waals surface area contributed by atoms with Gasteiger partial charge in [-0.25, -0.2) is 13.2 Å². The molecule has 2 saturated heterocycles. The number of halogens is 4. The number of ether oxygens (including phenoxy) is 1. The molecule has 10 heteroatoms. The molecule has 190 valence electrons. The van der Waals surface area contributed by atoms with Crippen molar-refractivity contribution in [3.8, 4) is 17.0 Å². The van der Waals surface area contributed by atoms with Crippen LogP contribution in [0.5, 0.6) is 5.75 Å². The van der Waals surface area contributed by atoms with Crippen LogP contribution >= 0.6 is 11.6 Å². The second kappa shape index (κ2) is 10.8. The molecule has 2 aliphatic rings. The van der Waals surface area contributed by atoms with Gasteiger partial charge in [0, 0.05) is 31.4 Å². The summed E-state index contributed by atoms with van der Waals surface area (Å²) in [6, 6.07) is 8.52. The van der Waals surface area contributed by atoms with Gasteiger partial charge in [-0.1, -0.05) is 25.4 Å². The Bertz CT molecular complexity index is 1290. The Morgan fingerprint density at radius 1 is 1.17 bits per heavy atom. The highest BCUT2D eigenvalue weighted by Crippen LogP contribution is 2.38. The van der Waals surface area contributed by atoms with Crippen LogP contribution < -0.4 is 20.3 Å². The molecule has 3 aromatic rings. The Morgan fingerprint density at radius 2 is 1.94 bits per heavy atom. The van der Waals surface area contributed by atoms with Crippen LogP contribution in [-0.2, 0) is 0 Å². The number of nitrogens with one attached hydrogen (secondary N) is 2. The number of fused-ring (bicyclic) bond motifs is 2. The van der Waals surface area contributed by atoms with Crippen molar-refractivity contribution < 1.29 is 22.7 Å². The average Bonchev–Trinajstić information content (AvgIpc) is 3.51. The van der Waals surface area contributed by atoms with Gasteiger partial charge in [0.2, 0.25) is 0 Å². The number of pyridine rings is 1. The molecule has 2 fully saturated rings. The quantitative estimate of drug-likeness (QED) is 0.456. The van der Waals surface area contributed by atoms with Gasteiger partial charge in [-0.2, -0.15) is 0 Å². The maximum atomic E-state index is 15.5. The molecule has 6 nitrogen and oxygen atoms in total. The summed E-state index contributed by atoms with van der Waals surface area (Å²) in [6.45, 7) is 5.52. The van der Waals surface area contributed by atoms with Gasteiger partial charge in [0.05, 0.1) is 34.6 Å². The normalized spacial score (nSPS) is 18.0. The van der Waals surface area contributed by atoms with E-state index in [4.69, 9.17) is 16.3 Å². The Morgan fingerprint density at radius 3 is 2.61 bits per heavy atom. The molecule has 2 atom stereocenters. The van der Waals surface area contributed by atoms with Crippen LogP contribution in [-0.4, -0.2) is 43.2 Å². The van der Waals surface area contributed by atoms with Gasteiger partial charge in [0.15, 0.2) is 11.6 Å². The zero-order valence-corrected chi connectivity index (χ0v) is 20.8. The van der Waals surface area contributed by atoms with Crippen molar-refractivity contribution >= 4 is 28.9 Å². The van der Waals surface area contributed by atoms with Crippen LogP contribution in [0.4, 0.5) is 24.5 Å². The molecule has 2 bridgehead atoms. The van der Waals surface area contributed by atoms with E-state index in [9.17, 15) is 13.6 Å². The van der Waals surface area contributed by atoms with Gasteiger partial charge in [-0.05, 0) is 42.8 Å². The van der Waals surface area contributed by atoms with Gasteiger partial charge >= 0.3 is 0 Å². The summed E-state index contributed by atoms with van der Waals surface area (Å²) < 4.78 is 49.4. The molecular weight excluding hydrogens is 493 g/mol. The lowest BCUT2D eigenvalue weighted by molar-refractivity contribution is 0.102. The van der Waals surface area contributed by atoms with E-state index in [-0.39, 0.29) is 33.6 Å². The predicted octanol–water partition coefficient (Wildman–Crippen LogP) is 5.66. The monoisotopic (exact) mass is 518 g/mol. The minimum atomic E-state index is -1.05. The number of hydrogen-bond acceptors (Lipinski definition) is 5. The van der Waals surface area contributed by atoms with Crippen molar-refractivity contribution in [1.82, 2.24) is 10.3 Å². The van der Waals surface area contributed by atoms with Gasteiger partial charge in [0.1, 0.15) is 17.3 Å². The number of aromatic nitrogens is 1. The first kappa shape index (κ1) is 25.8. The van der Waals surface area contributed by atoms with Crippen molar-refractivity contribution in [2.45, 2.75) is 32.4 Å². The molecule has 1 amide bonds. The fourth-order valence-corrected chi connectivity index (χ4v) is 4.78. The van der Waals surface area contributed by atoms with Crippen molar-refractivity contribution in [3.63, 3.8) is 0 Å². The Hall–Kier alpha value is -3.30. The summed E-state index contributed by atoms with van der Waals surface area (Å²) >= 11 is 5.87. The highest BCUT2D eigenvalue weighted by atomic mass is 35.5.